The smallest absolute Gasteiger partial charge is 0.149 e. The van der Waals surface area contributed by atoms with Gasteiger partial charge in [-0.1, -0.05) is 0 Å². The average Bonchev–Trinajstić information content (AvgIpc) is 2.91. The molecular formula is C10H17NO2. The van der Waals surface area contributed by atoms with E-state index in [2.05, 4.69) is 4.90 Å². The second kappa shape index (κ2) is 3.76. The number of rotatable bonds is 3. The van der Waals surface area contributed by atoms with E-state index in [9.17, 15) is 9.90 Å². The van der Waals surface area contributed by atoms with Gasteiger partial charge in [-0.05, 0) is 25.7 Å². The number of carbonyl (C=O) groups is 1. The van der Waals surface area contributed by atoms with Crippen molar-refractivity contribution < 1.29 is 9.90 Å². The van der Waals surface area contributed by atoms with Crippen molar-refractivity contribution in [1.29, 1.82) is 0 Å². The van der Waals surface area contributed by atoms with Gasteiger partial charge in [-0.25, -0.2) is 0 Å². The fraction of sp³-hybridized carbons (Fsp3) is 0.900. The Morgan fingerprint density at radius 3 is 2.38 bits per heavy atom. The van der Waals surface area contributed by atoms with E-state index in [1.165, 1.54) is 0 Å². The van der Waals surface area contributed by atoms with E-state index in [0.29, 0.717) is 18.2 Å². The molecule has 3 heteroatoms. The number of aliphatic hydroxyl groups excluding tert-OH is 1. The van der Waals surface area contributed by atoms with Gasteiger partial charge in [0.15, 0.2) is 0 Å². The predicted octanol–water partition coefficient (Wildman–Crippen LogP) is 0.422. The van der Waals surface area contributed by atoms with E-state index in [1.54, 1.807) is 0 Å². The maximum atomic E-state index is 11.5. The van der Waals surface area contributed by atoms with Gasteiger partial charge in [0.2, 0.25) is 0 Å². The van der Waals surface area contributed by atoms with E-state index in [4.69, 9.17) is 0 Å². The molecule has 0 aromatic carbocycles. The zero-order valence-corrected chi connectivity index (χ0v) is 7.91. The topological polar surface area (TPSA) is 40.5 Å². The van der Waals surface area contributed by atoms with Gasteiger partial charge in [0.1, 0.15) is 5.78 Å². The van der Waals surface area contributed by atoms with Gasteiger partial charge in [0.25, 0.3) is 0 Å². The lowest BCUT2D eigenvalue weighted by atomic mass is 10.1. The first-order valence-electron chi connectivity index (χ1n) is 5.19. The first kappa shape index (κ1) is 9.16. The van der Waals surface area contributed by atoms with Crippen molar-refractivity contribution in [3.63, 3.8) is 0 Å². The Bertz CT molecular complexity index is 193. The predicted molar refractivity (Wildman–Crippen MR) is 49.4 cm³/mol. The van der Waals surface area contributed by atoms with Crippen molar-refractivity contribution in [3.05, 3.63) is 0 Å². The van der Waals surface area contributed by atoms with E-state index < -0.39 is 0 Å². The molecule has 0 amide bonds. The number of likely N-dealkylation sites (tertiary alicyclic amines) is 1. The highest BCUT2D eigenvalue weighted by Gasteiger charge is 2.31. The standard InChI is InChI=1S/C10H17NO2/c12-9-3-5-11(6-4-9)7-10(13)8-1-2-8/h8-9,12H,1-7H2. The van der Waals surface area contributed by atoms with Crippen LogP contribution in [0.15, 0.2) is 0 Å². The highest BCUT2D eigenvalue weighted by molar-refractivity contribution is 5.84. The summed E-state index contributed by atoms with van der Waals surface area (Å²) in [7, 11) is 0. The van der Waals surface area contributed by atoms with Crippen molar-refractivity contribution >= 4 is 5.78 Å². The quantitative estimate of drug-likeness (QED) is 0.689. The fourth-order valence-electron chi connectivity index (χ4n) is 1.83. The summed E-state index contributed by atoms with van der Waals surface area (Å²) in [5, 5.41) is 9.27. The Morgan fingerprint density at radius 1 is 1.23 bits per heavy atom. The Labute approximate surface area is 78.7 Å². The summed E-state index contributed by atoms with van der Waals surface area (Å²) >= 11 is 0. The number of ketones is 1. The molecule has 1 heterocycles. The molecule has 0 radical (unpaired) electrons. The van der Waals surface area contributed by atoms with Crippen LogP contribution in [-0.2, 0) is 4.79 Å². The first-order chi connectivity index (χ1) is 6.25. The summed E-state index contributed by atoms with van der Waals surface area (Å²) in [5.41, 5.74) is 0. The number of carbonyl (C=O) groups excluding carboxylic acids is 1. The Balaban J connectivity index is 1.72. The number of nitrogens with zero attached hydrogens (tertiary/aromatic N) is 1. The molecule has 3 nitrogen and oxygen atoms in total. The second-order valence-corrected chi connectivity index (χ2v) is 4.25. The van der Waals surface area contributed by atoms with E-state index in [-0.39, 0.29) is 6.10 Å². The number of aliphatic hydroxyl groups is 1. The zero-order chi connectivity index (χ0) is 9.26. The maximum absolute atomic E-state index is 11.5. The molecule has 0 spiro atoms. The minimum Gasteiger partial charge on any atom is -0.393 e. The lowest BCUT2D eigenvalue weighted by Crippen LogP contribution is -2.39. The van der Waals surface area contributed by atoms with Crippen molar-refractivity contribution in [2.24, 2.45) is 5.92 Å². The van der Waals surface area contributed by atoms with Gasteiger partial charge in [-0.2, -0.15) is 0 Å². The highest BCUT2D eigenvalue weighted by atomic mass is 16.3. The third-order valence-corrected chi connectivity index (χ3v) is 2.97. The highest BCUT2D eigenvalue weighted by Crippen LogP contribution is 2.30. The van der Waals surface area contributed by atoms with Crippen LogP contribution in [0.25, 0.3) is 0 Å². The van der Waals surface area contributed by atoms with E-state index >= 15 is 0 Å². The average molecular weight is 183 g/mol. The Morgan fingerprint density at radius 2 is 1.85 bits per heavy atom. The molecule has 2 rings (SSSR count). The van der Waals surface area contributed by atoms with Gasteiger partial charge in [0, 0.05) is 19.0 Å². The van der Waals surface area contributed by atoms with Crippen LogP contribution in [-0.4, -0.2) is 41.5 Å². The van der Waals surface area contributed by atoms with Crippen LogP contribution in [0, 0.1) is 5.92 Å². The fourth-order valence-corrected chi connectivity index (χ4v) is 1.83. The van der Waals surface area contributed by atoms with Crippen LogP contribution in [0.3, 0.4) is 0 Å². The lowest BCUT2D eigenvalue weighted by molar-refractivity contribution is -0.121. The largest absolute Gasteiger partial charge is 0.393 e. The Kier molecular flexibility index (Phi) is 2.65. The molecule has 0 unspecified atom stereocenters. The molecule has 1 saturated heterocycles. The second-order valence-electron chi connectivity index (χ2n) is 4.25. The van der Waals surface area contributed by atoms with Gasteiger partial charge in [0.05, 0.1) is 12.6 Å². The molecule has 1 aliphatic heterocycles. The molecule has 0 atom stereocenters. The first-order valence-corrected chi connectivity index (χ1v) is 5.19. The monoisotopic (exact) mass is 183 g/mol. The third-order valence-electron chi connectivity index (χ3n) is 2.97. The van der Waals surface area contributed by atoms with Crippen LogP contribution in [0.1, 0.15) is 25.7 Å². The van der Waals surface area contributed by atoms with Gasteiger partial charge in [-0.15, -0.1) is 0 Å². The molecule has 1 saturated carbocycles. The summed E-state index contributed by atoms with van der Waals surface area (Å²) in [6, 6.07) is 0. The molecule has 0 bridgehead atoms. The van der Waals surface area contributed by atoms with E-state index in [1.807, 2.05) is 0 Å². The summed E-state index contributed by atoms with van der Waals surface area (Å²) in [5.74, 6) is 0.795. The molecule has 2 fully saturated rings. The summed E-state index contributed by atoms with van der Waals surface area (Å²) < 4.78 is 0. The Hall–Kier alpha value is -0.410. The summed E-state index contributed by atoms with van der Waals surface area (Å²) in [4.78, 5) is 13.6. The molecule has 0 aromatic heterocycles. The lowest BCUT2D eigenvalue weighted by Gasteiger charge is -2.28. The van der Waals surface area contributed by atoms with E-state index in [0.717, 1.165) is 38.8 Å². The molecule has 74 valence electrons. The molecule has 13 heavy (non-hydrogen) atoms. The van der Waals surface area contributed by atoms with Crippen LogP contribution >= 0.6 is 0 Å². The van der Waals surface area contributed by atoms with Crippen molar-refractivity contribution in [1.82, 2.24) is 4.90 Å². The van der Waals surface area contributed by atoms with Crippen molar-refractivity contribution in [3.8, 4) is 0 Å². The SMILES string of the molecule is O=C(CN1CCC(O)CC1)C1CC1. The molecule has 1 N–H and O–H groups in total. The number of hydrogen-bond donors (Lipinski definition) is 1. The summed E-state index contributed by atoms with van der Waals surface area (Å²) in [6.07, 6.45) is 3.74. The van der Waals surface area contributed by atoms with Gasteiger partial charge in [-0.3, -0.25) is 9.69 Å². The van der Waals surface area contributed by atoms with Crippen LogP contribution in [0.2, 0.25) is 0 Å². The molecule has 1 aliphatic carbocycles. The minimum absolute atomic E-state index is 0.132. The molecule has 2 aliphatic rings. The summed E-state index contributed by atoms with van der Waals surface area (Å²) in [6.45, 7) is 2.40. The number of hydrogen-bond acceptors (Lipinski definition) is 3. The zero-order valence-electron chi connectivity index (χ0n) is 7.91. The number of Topliss-reactive ketones (excluding diaryl/α,β-unsaturated/α-hetero) is 1. The van der Waals surface area contributed by atoms with Crippen LogP contribution in [0.4, 0.5) is 0 Å². The minimum atomic E-state index is -0.132. The van der Waals surface area contributed by atoms with Gasteiger partial charge < -0.3 is 5.11 Å². The normalized spacial score (nSPS) is 26.2. The maximum Gasteiger partial charge on any atom is 0.149 e. The van der Waals surface area contributed by atoms with Crippen molar-refractivity contribution in [2.75, 3.05) is 19.6 Å². The van der Waals surface area contributed by atoms with Crippen LogP contribution in [0.5, 0.6) is 0 Å². The molecular weight excluding hydrogens is 166 g/mol. The molecule has 0 aromatic rings. The third kappa shape index (κ3) is 2.51. The van der Waals surface area contributed by atoms with Crippen molar-refractivity contribution in [2.45, 2.75) is 31.8 Å². The number of piperidine rings is 1. The van der Waals surface area contributed by atoms with Crippen LogP contribution < -0.4 is 0 Å². The van der Waals surface area contributed by atoms with Gasteiger partial charge >= 0.3 is 0 Å².